The molecule has 0 spiro atoms. The second-order valence-electron chi connectivity index (χ2n) is 7.97. The molecule has 0 aromatic heterocycles. The molecule has 7 nitrogen and oxygen atoms in total. The topological polar surface area (TPSA) is 100 Å². The van der Waals surface area contributed by atoms with Crippen LogP contribution in [0.5, 0.6) is 0 Å². The van der Waals surface area contributed by atoms with Crippen molar-refractivity contribution in [3.8, 4) is 0 Å². The van der Waals surface area contributed by atoms with Crippen molar-refractivity contribution < 1.29 is 14.6 Å². The van der Waals surface area contributed by atoms with E-state index in [0.29, 0.717) is 5.84 Å². The Morgan fingerprint density at radius 2 is 2.03 bits per heavy atom. The number of hydrogen-bond acceptors (Lipinski definition) is 6. The second kappa shape index (κ2) is 8.57. The van der Waals surface area contributed by atoms with E-state index in [1.54, 1.807) is 18.4 Å². The van der Waals surface area contributed by atoms with E-state index in [1.807, 2.05) is 43.0 Å². The smallest absolute Gasteiger partial charge is 0.300 e. The highest BCUT2D eigenvalue weighted by atomic mass is 32.2. The van der Waals surface area contributed by atoms with Gasteiger partial charge in [-0.3, -0.25) is 4.79 Å². The highest BCUT2D eigenvalue weighted by Gasteiger charge is 2.34. The van der Waals surface area contributed by atoms with Gasteiger partial charge in [0.2, 0.25) is 0 Å². The summed E-state index contributed by atoms with van der Waals surface area (Å²) in [5.74, 6) is 0.459. The molecule has 2 aliphatic rings. The van der Waals surface area contributed by atoms with Crippen molar-refractivity contribution in [1.29, 1.82) is 0 Å². The predicted molar refractivity (Wildman–Crippen MR) is 126 cm³/mol. The number of hydrazone groups is 1. The van der Waals surface area contributed by atoms with Crippen molar-refractivity contribution in [2.75, 3.05) is 17.7 Å². The van der Waals surface area contributed by atoms with Crippen LogP contribution in [0.15, 0.2) is 57.6 Å². The first-order valence-corrected chi connectivity index (χ1v) is 12.3. The lowest BCUT2D eigenvalue weighted by Crippen LogP contribution is -2.39. The molecule has 0 fully saturated rings. The Balaban J connectivity index is 1.67. The first-order valence-electron chi connectivity index (χ1n) is 9.94. The SMILES string of the molecule is C[S+]([O-])c1ccc(C(=NO)N2CCCc3cc(C4=NNC(=O)SC4(C)C)ccc32)cc1. The van der Waals surface area contributed by atoms with E-state index in [1.165, 1.54) is 11.8 Å². The molecule has 0 saturated heterocycles. The highest BCUT2D eigenvalue weighted by molar-refractivity contribution is 8.15. The molecular formula is C22H24N4O3S2. The van der Waals surface area contributed by atoms with Crippen LogP contribution in [-0.4, -0.2) is 44.1 Å². The van der Waals surface area contributed by atoms with Crippen molar-refractivity contribution >= 4 is 45.4 Å². The van der Waals surface area contributed by atoms with Gasteiger partial charge in [0.15, 0.2) is 10.7 Å². The fourth-order valence-corrected chi connectivity index (χ4v) is 5.31. The average molecular weight is 457 g/mol. The maximum atomic E-state index is 11.7. The van der Waals surface area contributed by atoms with E-state index in [4.69, 9.17) is 0 Å². The lowest BCUT2D eigenvalue weighted by atomic mass is 9.93. The Hall–Kier alpha value is -2.49. The minimum absolute atomic E-state index is 0.153. The number of thioether (sulfide) groups is 1. The number of nitrogens with one attached hydrogen (secondary N) is 1. The molecule has 9 heteroatoms. The maximum absolute atomic E-state index is 11.7. The van der Waals surface area contributed by atoms with Crippen LogP contribution in [-0.2, 0) is 17.6 Å². The van der Waals surface area contributed by atoms with E-state index >= 15 is 0 Å². The Morgan fingerprint density at radius 3 is 2.68 bits per heavy atom. The number of fused-ring (bicyclic) bond motifs is 1. The fourth-order valence-electron chi connectivity index (χ4n) is 3.98. The molecular weight excluding hydrogens is 432 g/mol. The number of oxime groups is 1. The molecule has 0 aliphatic carbocycles. The van der Waals surface area contributed by atoms with Gasteiger partial charge in [-0.2, -0.15) is 5.10 Å². The summed E-state index contributed by atoms with van der Waals surface area (Å²) < 4.78 is 11.2. The van der Waals surface area contributed by atoms with Crippen LogP contribution in [0.25, 0.3) is 0 Å². The number of carbonyl (C=O) groups excluding carboxylic acids is 1. The van der Waals surface area contributed by atoms with Gasteiger partial charge >= 0.3 is 0 Å². The molecule has 0 saturated carbocycles. The third-order valence-corrected chi connectivity index (χ3v) is 7.36. The van der Waals surface area contributed by atoms with Crippen molar-refractivity contribution in [3.05, 3.63) is 59.2 Å². The number of amidine groups is 1. The molecule has 2 aromatic carbocycles. The van der Waals surface area contributed by atoms with Crippen LogP contribution in [0.2, 0.25) is 0 Å². The van der Waals surface area contributed by atoms with Gasteiger partial charge in [0.1, 0.15) is 6.26 Å². The largest absolute Gasteiger partial charge is 0.612 e. The Labute approximate surface area is 188 Å². The predicted octanol–water partition coefficient (Wildman–Crippen LogP) is 3.95. The third kappa shape index (κ3) is 4.30. The average Bonchev–Trinajstić information content (AvgIpc) is 2.73. The van der Waals surface area contributed by atoms with E-state index in [-0.39, 0.29) is 5.24 Å². The van der Waals surface area contributed by atoms with Gasteiger partial charge in [-0.05, 0) is 85.4 Å². The van der Waals surface area contributed by atoms with Crippen LogP contribution in [0.4, 0.5) is 10.5 Å². The molecule has 2 heterocycles. The summed E-state index contributed by atoms with van der Waals surface area (Å²) in [7, 11) is 0. The summed E-state index contributed by atoms with van der Waals surface area (Å²) in [6, 6.07) is 13.4. The minimum atomic E-state index is -1.06. The number of benzene rings is 2. The maximum Gasteiger partial charge on any atom is 0.300 e. The van der Waals surface area contributed by atoms with E-state index in [2.05, 4.69) is 21.7 Å². The van der Waals surface area contributed by atoms with Crippen molar-refractivity contribution in [3.63, 3.8) is 0 Å². The van der Waals surface area contributed by atoms with Gasteiger partial charge in [-0.1, -0.05) is 23.0 Å². The fraction of sp³-hybridized carbons (Fsp3) is 0.318. The Kier molecular flexibility index (Phi) is 6.00. The molecule has 31 heavy (non-hydrogen) atoms. The number of aryl methyl sites for hydroxylation is 1. The molecule has 1 unspecified atom stereocenters. The summed E-state index contributed by atoms with van der Waals surface area (Å²) in [5, 5.41) is 17.6. The summed E-state index contributed by atoms with van der Waals surface area (Å²) in [6.07, 6.45) is 3.45. The van der Waals surface area contributed by atoms with E-state index in [0.717, 1.165) is 52.4 Å². The van der Waals surface area contributed by atoms with Crippen molar-refractivity contribution in [1.82, 2.24) is 5.43 Å². The highest BCUT2D eigenvalue weighted by Crippen LogP contribution is 2.35. The zero-order chi connectivity index (χ0) is 22.2. The summed E-state index contributed by atoms with van der Waals surface area (Å²) in [5.41, 5.74) is 7.24. The first kappa shape index (κ1) is 21.7. The van der Waals surface area contributed by atoms with Crippen molar-refractivity contribution in [2.24, 2.45) is 10.3 Å². The zero-order valence-corrected chi connectivity index (χ0v) is 19.2. The number of nitrogens with zero attached hydrogens (tertiary/aromatic N) is 3. The van der Waals surface area contributed by atoms with E-state index < -0.39 is 15.9 Å². The monoisotopic (exact) mass is 456 g/mol. The lowest BCUT2D eigenvalue weighted by Gasteiger charge is -2.33. The number of rotatable bonds is 3. The molecule has 1 amide bonds. The normalized spacial score (nSPS) is 19.4. The van der Waals surface area contributed by atoms with Gasteiger partial charge in [-0.15, -0.1) is 0 Å². The number of hydrogen-bond donors (Lipinski definition) is 2. The van der Waals surface area contributed by atoms with E-state index in [9.17, 15) is 14.6 Å². The van der Waals surface area contributed by atoms with Crippen molar-refractivity contribution in [2.45, 2.75) is 36.3 Å². The van der Waals surface area contributed by atoms with Gasteiger partial charge in [0.05, 0.1) is 10.5 Å². The van der Waals surface area contributed by atoms with Gasteiger partial charge in [-0.25, -0.2) is 5.43 Å². The van der Waals surface area contributed by atoms with Gasteiger partial charge in [0, 0.05) is 17.8 Å². The van der Waals surface area contributed by atoms with Crippen LogP contribution >= 0.6 is 11.8 Å². The first-order chi connectivity index (χ1) is 14.8. The molecule has 162 valence electrons. The standard InChI is InChI=1S/C22H24N4O3S2/c1-22(2)19(23-24-21(27)30-22)16-8-11-18-15(13-16)5-4-12-26(18)20(25-28)14-6-9-17(10-7-14)31(3)29/h6-11,13,28H,4-5,12H2,1-3H3,(H,24,27). The second-order valence-corrected chi connectivity index (χ2v) is 10.9. The summed E-state index contributed by atoms with van der Waals surface area (Å²) >= 11 is 0.166. The van der Waals surface area contributed by atoms with Crippen LogP contribution in [0.1, 0.15) is 37.0 Å². The van der Waals surface area contributed by atoms with Crippen LogP contribution in [0.3, 0.4) is 0 Å². The quantitative estimate of drug-likeness (QED) is 0.239. The summed E-state index contributed by atoms with van der Waals surface area (Å²) in [6.45, 7) is 4.71. The van der Waals surface area contributed by atoms with Gasteiger partial charge in [0.25, 0.3) is 5.24 Å². The van der Waals surface area contributed by atoms with Gasteiger partial charge < -0.3 is 14.7 Å². The number of carbonyl (C=O) groups is 1. The van der Waals surface area contributed by atoms with Crippen LogP contribution in [0, 0.1) is 0 Å². The molecule has 0 bridgehead atoms. The molecule has 1 atom stereocenters. The molecule has 2 N–H and O–H groups in total. The minimum Gasteiger partial charge on any atom is -0.612 e. The number of amides is 1. The zero-order valence-electron chi connectivity index (χ0n) is 17.6. The lowest BCUT2D eigenvalue weighted by molar-refractivity contribution is 0.260. The Bertz CT molecular complexity index is 1060. The number of anilines is 1. The molecule has 4 rings (SSSR count). The van der Waals surface area contributed by atoms with Crippen LogP contribution < -0.4 is 10.3 Å². The molecule has 0 radical (unpaired) electrons. The summed E-state index contributed by atoms with van der Waals surface area (Å²) in [4.78, 5) is 14.4. The Morgan fingerprint density at radius 1 is 1.29 bits per heavy atom. The third-order valence-electron chi connectivity index (χ3n) is 5.44. The molecule has 2 aliphatic heterocycles. The molecule has 2 aromatic rings.